The number of rotatable bonds is 6. The van der Waals surface area contributed by atoms with Gasteiger partial charge in [-0.2, -0.15) is 18.3 Å². The van der Waals surface area contributed by atoms with Crippen molar-refractivity contribution in [1.29, 1.82) is 0 Å². The number of hydrogen-bond donors (Lipinski definition) is 1. The first-order valence-corrected chi connectivity index (χ1v) is 8.23. The number of hydrogen-bond acceptors (Lipinski definition) is 5. The van der Waals surface area contributed by atoms with Crippen molar-refractivity contribution in [3.63, 3.8) is 0 Å². The molecule has 10 heteroatoms. The van der Waals surface area contributed by atoms with E-state index in [0.717, 1.165) is 6.07 Å². The van der Waals surface area contributed by atoms with Gasteiger partial charge < -0.3 is 14.8 Å². The fraction of sp³-hybridized carbons (Fsp3) is 0.278. The molecule has 0 bridgehead atoms. The molecule has 28 heavy (non-hydrogen) atoms. The maximum atomic E-state index is 13.6. The van der Waals surface area contributed by atoms with E-state index in [2.05, 4.69) is 15.4 Å². The maximum absolute atomic E-state index is 13.6. The van der Waals surface area contributed by atoms with Crippen molar-refractivity contribution in [2.45, 2.75) is 6.18 Å². The van der Waals surface area contributed by atoms with Gasteiger partial charge in [-0.25, -0.2) is 9.50 Å². The lowest BCUT2D eigenvalue weighted by Gasteiger charge is -2.11. The number of ether oxygens (including phenoxy) is 2. The van der Waals surface area contributed by atoms with Crippen LogP contribution in [0.1, 0.15) is 16.2 Å². The smallest absolute Gasteiger partial charge is 0.433 e. The summed E-state index contributed by atoms with van der Waals surface area (Å²) in [7, 11) is 2.96. The number of aromatic nitrogens is 3. The second-order valence-corrected chi connectivity index (χ2v) is 5.80. The molecule has 0 spiro atoms. The molecule has 0 aliphatic rings. The van der Waals surface area contributed by atoms with Crippen LogP contribution in [0.5, 0.6) is 5.75 Å². The lowest BCUT2D eigenvalue weighted by Crippen LogP contribution is -2.27. The van der Waals surface area contributed by atoms with Gasteiger partial charge in [0.2, 0.25) is 0 Å². The topological polar surface area (TPSA) is 77.8 Å². The molecule has 3 rings (SSSR count). The van der Waals surface area contributed by atoms with Gasteiger partial charge >= 0.3 is 6.18 Å². The van der Waals surface area contributed by atoms with Crippen molar-refractivity contribution in [3.8, 4) is 17.0 Å². The van der Waals surface area contributed by atoms with Crippen molar-refractivity contribution in [1.82, 2.24) is 19.9 Å². The Labute approximate surface area is 158 Å². The van der Waals surface area contributed by atoms with Gasteiger partial charge in [0, 0.05) is 25.3 Å². The van der Waals surface area contributed by atoms with E-state index in [0.29, 0.717) is 15.8 Å². The minimum Gasteiger partial charge on any atom is -0.497 e. The summed E-state index contributed by atoms with van der Waals surface area (Å²) in [5.41, 5.74) is -0.701. The van der Waals surface area contributed by atoms with Gasteiger partial charge in [0.25, 0.3) is 5.91 Å². The van der Waals surface area contributed by atoms with Crippen LogP contribution in [0.4, 0.5) is 13.2 Å². The van der Waals surface area contributed by atoms with E-state index in [1.807, 2.05) is 0 Å². The highest BCUT2D eigenvalue weighted by Crippen LogP contribution is 2.32. The molecule has 0 radical (unpaired) electrons. The molecule has 0 aliphatic heterocycles. The number of halogens is 3. The third kappa shape index (κ3) is 4.06. The Bertz CT molecular complexity index is 984. The number of amides is 1. The van der Waals surface area contributed by atoms with Gasteiger partial charge in [0.05, 0.1) is 19.4 Å². The first kappa shape index (κ1) is 19.6. The molecule has 0 saturated heterocycles. The SMILES string of the molecule is COCCNC(=O)c1cc2nc(-c3ccc(OC)cc3)cc(C(F)(F)F)n2n1. The molecule has 0 fully saturated rings. The van der Waals surface area contributed by atoms with Crippen LogP contribution in [0.2, 0.25) is 0 Å². The molecular weight excluding hydrogens is 377 g/mol. The predicted molar refractivity (Wildman–Crippen MR) is 94.2 cm³/mol. The fourth-order valence-electron chi connectivity index (χ4n) is 2.55. The van der Waals surface area contributed by atoms with E-state index < -0.39 is 17.8 Å². The fourth-order valence-corrected chi connectivity index (χ4v) is 2.55. The zero-order chi connectivity index (χ0) is 20.3. The van der Waals surface area contributed by atoms with Crippen LogP contribution < -0.4 is 10.1 Å². The summed E-state index contributed by atoms with van der Waals surface area (Å²) in [6.45, 7) is 0.479. The minimum absolute atomic E-state index is 0.0856. The molecule has 1 amide bonds. The quantitative estimate of drug-likeness (QED) is 0.651. The highest BCUT2D eigenvalue weighted by atomic mass is 19.4. The lowest BCUT2D eigenvalue weighted by atomic mass is 10.1. The molecule has 0 aliphatic carbocycles. The van der Waals surface area contributed by atoms with E-state index in [9.17, 15) is 18.0 Å². The van der Waals surface area contributed by atoms with Crippen LogP contribution in [0.3, 0.4) is 0 Å². The van der Waals surface area contributed by atoms with E-state index in [1.165, 1.54) is 20.3 Å². The van der Waals surface area contributed by atoms with Gasteiger partial charge in [-0.05, 0) is 30.3 Å². The van der Waals surface area contributed by atoms with Gasteiger partial charge in [-0.3, -0.25) is 4.79 Å². The number of carbonyl (C=O) groups is 1. The van der Waals surface area contributed by atoms with Gasteiger partial charge in [0.15, 0.2) is 17.0 Å². The van der Waals surface area contributed by atoms with Gasteiger partial charge in [-0.1, -0.05) is 0 Å². The zero-order valence-corrected chi connectivity index (χ0v) is 15.1. The van der Waals surface area contributed by atoms with Crippen molar-refractivity contribution >= 4 is 11.6 Å². The summed E-state index contributed by atoms with van der Waals surface area (Å²) in [6, 6.07) is 8.57. The van der Waals surface area contributed by atoms with E-state index in [-0.39, 0.29) is 30.2 Å². The molecule has 148 valence electrons. The van der Waals surface area contributed by atoms with Crippen LogP contribution in [0.15, 0.2) is 36.4 Å². The summed E-state index contributed by atoms with van der Waals surface area (Å²) < 4.78 is 51.2. The Morgan fingerprint density at radius 2 is 1.89 bits per heavy atom. The third-order valence-corrected chi connectivity index (χ3v) is 3.93. The van der Waals surface area contributed by atoms with Crippen molar-refractivity contribution in [2.75, 3.05) is 27.4 Å². The van der Waals surface area contributed by atoms with E-state index in [1.54, 1.807) is 24.3 Å². The number of nitrogens with zero attached hydrogens (tertiary/aromatic N) is 3. The number of carbonyl (C=O) groups excluding carboxylic acids is 1. The average molecular weight is 394 g/mol. The monoisotopic (exact) mass is 394 g/mol. The molecule has 1 N–H and O–H groups in total. The summed E-state index contributed by atoms with van der Waals surface area (Å²) >= 11 is 0. The second-order valence-electron chi connectivity index (χ2n) is 5.80. The molecular formula is C18H17F3N4O3. The van der Waals surface area contributed by atoms with Crippen LogP contribution >= 0.6 is 0 Å². The zero-order valence-electron chi connectivity index (χ0n) is 15.1. The average Bonchev–Trinajstić information content (AvgIpc) is 3.10. The normalized spacial score (nSPS) is 11.6. The molecule has 2 aromatic heterocycles. The van der Waals surface area contributed by atoms with Crippen LogP contribution in [-0.4, -0.2) is 47.9 Å². The Kier molecular flexibility index (Phi) is 5.50. The lowest BCUT2D eigenvalue weighted by molar-refractivity contribution is -0.142. The number of nitrogens with one attached hydrogen (secondary N) is 1. The summed E-state index contributed by atoms with van der Waals surface area (Å²) in [4.78, 5) is 16.3. The first-order chi connectivity index (χ1) is 13.3. The molecule has 7 nitrogen and oxygen atoms in total. The summed E-state index contributed by atoms with van der Waals surface area (Å²) in [5, 5.41) is 6.30. The largest absolute Gasteiger partial charge is 0.497 e. The standard InChI is InChI=1S/C18H17F3N4O3/c1-27-8-7-22-17(26)14-10-16-23-13(11-3-5-12(28-2)6-4-11)9-15(18(19,20)21)25(16)24-14/h3-6,9-10H,7-8H2,1-2H3,(H,22,26). The minimum atomic E-state index is -4.68. The Hall–Kier alpha value is -3.14. The summed E-state index contributed by atoms with van der Waals surface area (Å²) in [5.74, 6) is -0.0399. The van der Waals surface area contributed by atoms with Gasteiger partial charge in [0.1, 0.15) is 5.75 Å². The van der Waals surface area contributed by atoms with Crippen molar-refractivity contribution < 1.29 is 27.4 Å². The van der Waals surface area contributed by atoms with Crippen LogP contribution in [-0.2, 0) is 10.9 Å². The Morgan fingerprint density at radius 3 is 2.50 bits per heavy atom. The van der Waals surface area contributed by atoms with E-state index >= 15 is 0 Å². The van der Waals surface area contributed by atoms with Crippen LogP contribution in [0, 0.1) is 0 Å². The Balaban J connectivity index is 2.06. The Morgan fingerprint density at radius 1 is 1.18 bits per heavy atom. The van der Waals surface area contributed by atoms with Gasteiger partial charge in [-0.15, -0.1) is 0 Å². The molecule has 0 unspecified atom stereocenters. The number of alkyl halides is 3. The van der Waals surface area contributed by atoms with Crippen LogP contribution in [0.25, 0.3) is 16.9 Å². The molecule has 1 aromatic carbocycles. The number of benzene rings is 1. The second kappa shape index (κ2) is 7.85. The van der Waals surface area contributed by atoms with Crippen molar-refractivity contribution in [3.05, 3.63) is 47.8 Å². The number of methoxy groups -OCH3 is 2. The first-order valence-electron chi connectivity index (χ1n) is 8.23. The highest BCUT2D eigenvalue weighted by Gasteiger charge is 2.35. The van der Waals surface area contributed by atoms with Crippen molar-refractivity contribution in [2.24, 2.45) is 0 Å². The van der Waals surface area contributed by atoms with E-state index in [4.69, 9.17) is 9.47 Å². The summed E-state index contributed by atoms with van der Waals surface area (Å²) in [6.07, 6.45) is -4.68. The highest BCUT2D eigenvalue weighted by molar-refractivity contribution is 5.93. The molecule has 0 saturated carbocycles. The third-order valence-electron chi connectivity index (χ3n) is 3.93. The molecule has 3 aromatic rings. The maximum Gasteiger partial charge on any atom is 0.433 e. The predicted octanol–water partition coefficient (Wildman–Crippen LogP) is 2.80. The molecule has 2 heterocycles. The molecule has 0 atom stereocenters. The number of fused-ring (bicyclic) bond motifs is 1.